The first-order chi connectivity index (χ1) is 13.1. The van der Waals surface area contributed by atoms with Gasteiger partial charge < -0.3 is 18.5 Å². The monoisotopic (exact) mass is 368 g/mol. The van der Waals surface area contributed by atoms with Crippen LogP contribution in [0.4, 0.5) is 0 Å². The summed E-state index contributed by atoms with van der Waals surface area (Å²) in [6.07, 6.45) is 3.27. The van der Waals surface area contributed by atoms with Crippen LogP contribution in [-0.4, -0.2) is 36.4 Å². The SMILES string of the molecule is COc1ccc(CN(C)C(=O)CN(Cc2ccco2)Cc2ccco2)cc1. The molecule has 2 aromatic heterocycles. The summed E-state index contributed by atoms with van der Waals surface area (Å²) < 4.78 is 16.0. The highest BCUT2D eigenvalue weighted by atomic mass is 16.5. The van der Waals surface area contributed by atoms with Crippen LogP contribution in [0.2, 0.25) is 0 Å². The highest BCUT2D eigenvalue weighted by Gasteiger charge is 2.17. The summed E-state index contributed by atoms with van der Waals surface area (Å²) >= 11 is 0. The topological polar surface area (TPSA) is 59.1 Å². The second-order valence-corrected chi connectivity index (χ2v) is 6.40. The van der Waals surface area contributed by atoms with Crippen LogP contribution in [0.5, 0.6) is 5.75 Å². The maximum atomic E-state index is 12.7. The van der Waals surface area contributed by atoms with Gasteiger partial charge in [0.2, 0.25) is 5.91 Å². The van der Waals surface area contributed by atoms with E-state index < -0.39 is 0 Å². The third kappa shape index (κ3) is 5.49. The van der Waals surface area contributed by atoms with Crippen LogP contribution in [0.1, 0.15) is 17.1 Å². The van der Waals surface area contributed by atoms with Crippen LogP contribution in [0.25, 0.3) is 0 Å². The van der Waals surface area contributed by atoms with E-state index in [0.29, 0.717) is 19.6 Å². The van der Waals surface area contributed by atoms with E-state index in [1.807, 2.05) is 60.5 Å². The number of furan rings is 2. The van der Waals surface area contributed by atoms with E-state index in [4.69, 9.17) is 13.6 Å². The summed E-state index contributed by atoms with van der Waals surface area (Å²) in [6, 6.07) is 15.2. The van der Waals surface area contributed by atoms with Gasteiger partial charge in [0.1, 0.15) is 17.3 Å². The van der Waals surface area contributed by atoms with Crippen molar-refractivity contribution in [2.75, 3.05) is 20.7 Å². The summed E-state index contributed by atoms with van der Waals surface area (Å²) in [6.45, 7) is 1.89. The second kappa shape index (κ2) is 9.09. The zero-order valence-electron chi connectivity index (χ0n) is 15.6. The smallest absolute Gasteiger partial charge is 0.236 e. The highest BCUT2D eigenvalue weighted by molar-refractivity contribution is 5.78. The van der Waals surface area contributed by atoms with Crippen molar-refractivity contribution in [3.8, 4) is 5.75 Å². The zero-order valence-corrected chi connectivity index (χ0v) is 15.6. The largest absolute Gasteiger partial charge is 0.497 e. The van der Waals surface area contributed by atoms with Crippen molar-refractivity contribution in [1.82, 2.24) is 9.80 Å². The quantitative estimate of drug-likeness (QED) is 0.578. The Morgan fingerprint density at radius 1 is 0.926 bits per heavy atom. The molecule has 0 spiro atoms. The molecule has 27 heavy (non-hydrogen) atoms. The highest BCUT2D eigenvalue weighted by Crippen LogP contribution is 2.14. The van der Waals surface area contributed by atoms with Gasteiger partial charge in [-0.1, -0.05) is 12.1 Å². The van der Waals surface area contributed by atoms with E-state index in [1.165, 1.54) is 0 Å². The maximum absolute atomic E-state index is 12.7. The number of rotatable bonds is 9. The molecule has 0 aliphatic rings. The minimum absolute atomic E-state index is 0.0314. The Bertz CT molecular complexity index is 774. The Kier molecular flexibility index (Phi) is 6.33. The number of hydrogen-bond donors (Lipinski definition) is 0. The fraction of sp³-hybridized carbons (Fsp3) is 0.286. The van der Waals surface area contributed by atoms with Crippen molar-refractivity contribution in [3.63, 3.8) is 0 Å². The third-order valence-corrected chi connectivity index (χ3v) is 4.28. The van der Waals surface area contributed by atoms with E-state index >= 15 is 0 Å². The van der Waals surface area contributed by atoms with Crippen LogP contribution in [0.3, 0.4) is 0 Å². The number of methoxy groups -OCH3 is 1. The van der Waals surface area contributed by atoms with Crippen LogP contribution < -0.4 is 4.74 Å². The lowest BCUT2D eigenvalue weighted by Gasteiger charge is -2.24. The maximum Gasteiger partial charge on any atom is 0.236 e. The summed E-state index contributed by atoms with van der Waals surface area (Å²) in [4.78, 5) is 16.5. The molecule has 1 aromatic carbocycles. The lowest BCUT2D eigenvalue weighted by Crippen LogP contribution is -2.37. The molecule has 0 unspecified atom stereocenters. The van der Waals surface area contributed by atoms with Gasteiger partial charge in [-0.3, -0.25) is 9.69 Å². The molecule has 0 saturated heterocycles. The molecule has 3 rings (SSSR count). The van der Waals surface area contributed by atoms with Gasteiger partial charge in [-0.05, 0) is 42.0 Å². The van der Waals surface area contributed by atoms with E-state index in [9.17, 15) is 4.79 Å². The molecule has 0 aliphatic carbocycles. The molecule has 0 atom stereocenters. The van der Waals surface area contributed by atoms with Crippen molar-refractivity contribution >= 4 is 5.91 Å². The Morgan fingerprint density at radius 2 is 1.52 bits per heavy atom. The first-order valence-electron chi connectivity index (χ1n) is 8.78. The van der Waals surface area contributed by atoms with Crippen molar-refractivity contribution in [1.29, 1.82) is 0 Å². The van der Waals surface area contributed by atoms with E-state index in [0.717, 1.165) is 22.8 Å². The van der Waals surface area contributed by atoms with Crippen molar-refractivity contribution < 1.29 is 18.4 Å². The van der Waals surface area contributed by atoms with Crippen LogP contribution in [0, 0.1) is 0 Å². The molecular formula is C21H24N2O4. The van der Waals surface area contributed by atoms with Gasteiger partial charge in [-0.2, -0.15) is 0 Å². The number of carbonyl (C=O) groups is 1. The van der Waals surface area contributed by atoms with Crippen molar-refractivity contribution in [2.24, 2.45) is 0 Å². The van der Waals surface area contributed by atoms with Gasteiger partial charge in [-0.25, -0.2) is 0 Å². The van der Waals surface area contributed by atoms with Gasteiger partial charge in [0.15, 0.2) is 0 Å². The lowest BCUT2D eigenvalue weighted by molar-refractivity contribution is -0.132. The average Bonchev–Trinajstić information content (AvgIpc) is 3.36. The first-order valence-corrected chi connectivity index (χ1v) is 8.78. The van der Waals surface area contributed by atoms with Crippen molar-refractivity contribution in [3.05, 3.63) is 78.1 Å². The molecule has 3 aromatic rings. The minimum Gasteiger partial charge on any atom is -0.497 e. The van der Waals surface area contributed by atoms with Crippen molar-refractivity contribution in [2.45, 2.75) is 19.6 Å². The average molecular weight is 368 g/mol. The van der Waals surface area contributed by atoms with Crippen LogP contribution >= 0.6 is 0 Å². The fourth-order valence-electron chi connectivity index (χ4n) is 2.82. The Balaban J connectivity index is 1.61. The molecule has 6 heteroatoms. The number of amides is 1. The fourth-order valence-corrected chi connectivity index (χ4v) is 2.82. The number of ether oxygens (including phenoxy) is 1. The first kappa shape index (κ1) is 18.8. The van der Waals surface area contributed by atoms with E-state index in [-0.39, 0.29) is 12.5 Å². The summed E-state index contributed by atoms with van der Waals surface area (Å²) in [5, 5.41) is 0. The summed E-state index contributed by atoms with van der Waals surface area (Å²) in [5.74, 6) is 2.46. The molecule has 0 radical (unpaired) electrons. The summed E-state index contributed by atoms with van der Waals surface area (Å²) in [5.41, 5.74) is 1.05. The predicted molar refractivity (Wildman–Crippen MR) is 101 cm³/mol. The Morgan fingerprint density at radius 3 is 2.00 bits per heavy atom. The second-order valence-electron chi connectivity index (χ2n) is 6.40. The molecule has 0 aliphatic heterocycles. The third-order valence-electron chi connectivity index (χ3n) is 4.28. The van der Waals surface area contributed by atoms with E-state index in [1.54, 1.807) is 24.5 Å². The normalized spacial score (nSPS) is 10.9. The Labute approximate surface area is 158 Å². The molecule has 0 bridgehead atoms. The lowest BCUT2D eigenvalue weighted by atomic mass is 10.2. The minimum atomic E-state index is 0.0314. The number of hydrogen-bond acceptors (Lipinski definition) is 5. The van der Waals surface area contributed by atoms with Gasteiger partial charge in [0, 0.05) is 13.6 Å². The molecule has 142 valence electrons. The molecule has 0 fully saturated rings. The van der Waals surface area contributed by atoms with Gasteiger partial charge in [0.05, 0.1) is 39.3 Å². The zero-order chi connectivity index (χ0) is 19.1. The molecule has 1 amide bonds. The number of nitrogens with zero attached hydrogens (tertiary/aromatic N) is 2. The molecular weight excluding hydrogens is 344 g/mol. The molecule has 2 heterocycles. The van der Waals surface area contributed by atoms with Gasteiger partial charge >= 0.3 is 0 Å². The molecule has 0 saturated carbocycles. The molecule has 6 nitrogen and oxygen atoms in total. The number of carbonyl (C=O) groups excluding carboxylic acids is 1. The van der Waals surface area contributed by atoms with E-state index in [2.05, 4.69) is 0 Å². The van der Waals surface area contributed by atoms with Crippen LogP contribution in [0.15, 0.2) is 69.9 Å². The van der Waals surface area contributed by atoms with Gasteiger partial charge in [-0.15, -0.1) is 0 Å². The predicted octanol–water partition coefficient (Wildman–Crippen LogP) is 3.54. The number of likely N-dealkylation sites (N-methyl/N-ethyl adjacent to an activating group) is 1. The van der Waals surface area contributed by atoms with Gasteiger partial charge in [0.25, 0.3) is 0 Å². The molecule has 0 N–H and O–H groups in total. The van der Waals surface area contributed by atoms with Crippen LogP contribution in [-0.2, 0) is 24.4 Å². The number of benzene rings is 1. The standard InChI is InChI=1S/C21H24N2O4/c1-22(13-17-7-9-18(25-2)10-8-17)21(24)16-23(14-19-5-3-11-26-19)15-20-6-4-12-27-20/h3-12H,13-16H2,1-2H3. The summed E-state index contributed by atoms with van der Waals surface area (Å²) in [7, 11) is 3.45. The Hall–Kier alpha value is -2.99.